The van der Waals surface area contributed by atoms with Gasteiger partial charge in [0.05, 0.1) is 11.9 Å². The Morgan fingerprint density at radius 1 is 1.23 bits per heavy atom. The SMILES string of the molecule is O=C(NCc1cnn(-c2ccccc2)c1)c1cc(Cl)ccn1. The highest BCUT2D eigenvalue weighted by Gasteiger charge is 2.08. The first-order valence-corrected chi connectivity index (χ1v) is 7.09. The van der Waals surface area contributed by atoms with E-state index in [0.717, 1.165) is 11.3 Å². The number of carbonyl (C=O) groups is 1. The van der Waals surface area contributed by atoms with Crippen molar-refractivity contribution in [1.29, 1.82) is 0 Å². The molecule has 1 N–H and O–H groups in total. The first-order chi connectivity index (χ1) is 10.7. The molecule has 2 heterocycles. The van der Waals surface area contributed by atoms with Gasteiger partial charge >= 0.3 is 0 Å². The van der Waals surface area contributed by atoms with E-state index in [9.17, 15) is 4.79 Å². The van der Waals surface area contributed by atoms with E-state index in [4.69, 9.17) is 11.6 Å². The number of pyridine rings is 1. The molecular formula is C16H13ClN4O. The number of nitrogens with one attached hydrogen (secondary N) is 1. The van der Waals surface area contributed by atoms with Crippen LogP contribution in [0.3, 0.4) is 0 Å². The van der Waals surface area contributed by atoms with Crippen LogP contribution in [0, 0.1) is 0 Å². The van der Waals surface area contributed by atoms with Crippen LogP contribution in [0.2, 0.25) is 5.02 Å². The number of hydrogen-bond donors (Lipinski definition) is 1. The second-order valence-corrected chi connectivity index (χ2v) is 5.11. The first kappa shape index (κ1) is 14.3. The summed E-state index contributed by atoms with van der Waals surface area (Å²) in [4.78, 5) is 16.0. The van der Waals surface area contributed by atoms with Gasteiger partial charge in [0.2, 0.25) is 0 Å². The van der Waals surface area contributed by atoms with Gasteiger partial charge < -0.3 is 5.32 Å². The van der Waals surface area contributed by atoms with Crippen LogP contribution >= 0.6 is 11.6 Å². The predicted octanol–water partition coefficient (Wildman–Crippen LogP) is 2.85. The van der Waals surface area contributed by atoms with E-state index in [0.29, 0.717) is 17.3 Å². The van der Waals surface area contributed by atoms with E-state index in [-0.39, 0.29) is 5.91 Å². The highest BCUT2D eigenvalue weighted by Crippen LogP contribution is 2.09. The van der Waals surface area contributed by atoms with Crippen molar-refractivity contribution in [1.82, 2.24) is 20.1 Å². The van der Waals surface area contributed by atoms with Gasteiger partial charge in [0.1, 0.15) is 5.69 Å². The van der Waals surface area contributed by atoms with Crippen molar-refractivity contribution >= 4 is 17.5 Å². The molecule has 2 aromatic heterocycles. The second-order valence-electron chi connectivity index (χ2n) is 4.67. The molecule has 5 nitrogen and oxygen atoms in total. The molecule has 0 fully saturated rings. The van der Waals surface area contributed by atoms with Crippen molar-refractivity contribution < 1.29 is 4.79 Å². The summed E-state index contributed by atoms with van der Waals surface area (Å²) in [6.45, 7) is 0.375. The monoisotopic (exact) mass is 312 g/mol. The summed E-state index contributed by atoms with van der Waals surface area (Å²) in [7, 11) is 0. The van der Waals surface area contributed by atoms with Gasteiger partial charge in [-0.25, -0.2) is 4.68 Å². The van der Waals surface area contributed by atoms with Crippen LogP contribution in [0.15, 0.2) is 61.1 Å². The molecule has 1 amide bonds. The van der Waals surface area contributed by atoms with E-state index in [1.165, 1.54) is 12.3 Å². The van der Waals surface area contributed by atoms with Gasteiger partial charge in [-0.15, -0.1) is 0 Å². The summed E-state index contributed by atoms with van der Waals surface area (Å²) >= 11 is 5.84. The van der Waals surface area contributed by atoms with Crippen LogP contribution in [0.5, 0.6) is 0 Å². The lowest BCUT2D eigenvalue weighted by Gasteiger charge is -2.03. The summed E-state index contributed by atoms with van der Waals surface area (Å²) in [5, 5.41) is 7.56. The lowest BCUT2D eigenvalue weighted by Crippen LogP contribution is -2.23. The van der Waals surface area contributed by atoms with Crippen molar-refractivity contribution in [3.05, 3.63) is 77.3 Å². The molecule has 110 valence electrons. The van der Waals surface area contributed by atoms with Crippen LogP contribution in [0.25, 0.3) is 5.69 Å². The van der Waals surface area contributed by atoms with Crippen LogP contribution in [0.4, 0.5) is 0 Å². The zero-order valence-electron chi connectivity index (χ0n) is 11.6. The van der Waals surface area contributed by atoms with Crippen molar-refractivity contribution in [2.24, 2.45) is 0 Å². The number of amides is 1. The maximum Gasteiger partial charge on any atom is 0.270 e. The number of para-hydroxylation sites is 1. The zero-order valence-corrected chi connectivity index (χ0v) is 12.4. The van der Waals surface area contributed by atoms with E-state index < -0.39 is 0 Å². The van der Waals surface area contributed by atoms with E-state index in [1.54, 1.807) is 16.9 Å². The van der Waals surface area contributed by atoms with Gasteiger partial charge in [-0.1, -0.05) is 29.8 Å². The summed E-state index contributed by atoms with van der Waals surface area (Å²) in [6, 6.07) is 12.9. The largest absolute Gasteiger partial charge is 0.347 e. The van der Waals surface area contributed by atoms with Crippen molar-refractivity contribution in [2.45, 2.75) is 6.54 Å². The van der Waals surface area contributed by atoms with E-state index >= 15 is 0 Å². The Balaban J connectivity index is 1.65. The van der Waals surface area contributed by atoms with Gasteiger partial charge in [0, 0.05) is 29.5 Å². The maximum absolute atomic E-state index is 12.0. The third-order valence-electron chi connectivity index (χ3n) is 3.06. The van der Waals surface area contributed by atoms with Crippen LogP contribution in [-0.4, -0.2) is 20.7 Å². The Bertz CT molecular complexity index is 786. The number of halogens is 1. The molecule has 0 saturated heterocycles. The molecule has 0 aliphatic heterocycles. The molecule has 0 bridgehead atoms. The van der Waals surface area contributed by atoms with Gasteiger partial charge in [-0.05, 0) is 24.3 Å². The Hall–Kier alpha value is -2.66. The Morgan fingerprint density at radius 3 is 2.82 bits per heavy atom. The Labute approximate surface area is 132 Å². The number of aromatic nitrogens is 3. The molecule has 22 heavy (non-hydrogen) atoms. The quantitative estimate of drug-likeness (QED) is 0.806. The Morgan fingerprint density at radius 2 is 2.05 bits per heavy atom. The predicted molar refractivity (Wildman–Crippen MR) is 84.0 cm³/mol. The number of rotatable bonds is 4. The molecule has 0 saturated carbocycles. The van der Waals surface area contributed by atoms with E-state index in [1.807, 2.05) is 36.5 Å². The van der Waals surface area contributed by atoms with Crippen molar-refractivity contribution in [3.8, 4) is 5.69 Å². The molecule has 3 rings (SSSR count). The fourth-order valence-electron chi connectivity index (χ4n) is 1.98. The third kappa shape index (κ3) is 3.32. The lowest BCUT2D eigenvalue weighted by atomic mass is 10.3. The molecule has 1 aromatic carbocycles. The average Bonchev–Trinajstić information content (AvgIpc) is 3.02. The number of benzene rings is 1. The molecule has 3 aromatic rings. The average molecular weight is 313 g/mol. The minimum absolute atomic E-state index is 0.269. The number of carbonyl (C=O) groups excluding carboxylic acids is 1. The minimum Gasteiger partial charge on any atom is -0.347 e. The van der Waals surface area contributed by atoms with Gasteiger partial charge in [0.15, 0.2) is 0 Å². The topological polar surface area (TPSA) is 59.8 Å². The second kappa shape index (κ2) is 6.41. The summed E-state index contributed by atoms with van der Waals surface area (Å²) in [5.41, 5.74) is 2.17. The van der Waals surface area contributed by atoms with Crippen LogP contribution in [-0.2, 0) is 6.54 Å². The van der Waals surface area contributed by atoms with E-state index in [2.05, 4.69) is 15.4 Å². The molecule has 0 atom stereocenters. The summed E-state index contributed by atoms with van der Waals surface area (Å²) < 4.78 is 1.76. The Kier molecular flexibility index (Phi) is 4.16. The smallest absolute Gasteiger partial charge is 0.270 e. The summed E-state index contributed by atoms with van der Waals surface area (Å²) in [6.07, 6.45) is 5.10. The molecule has 0 spiro atoms. The molecule has 0 aliphatic rings. The number of nitrogens with zero attached hydrogens (tertiary/aromatic N) is 3. The van der Waals surface area contributed by atoms with Gasteiger partial charge in [-0.3, -0.25) is 9.78 Å². The number of hydrogen-bond acceptors (Lipinski definition) is 3. The highest BCUT2D eigenvalue weighted by molar-refractivity contribution is 6.30. The summed E-state index contributed by atoms with van der Waals surface area (Å²) in [5.74, 6) is -0.269. The first-order valence-electron chi connectivity index (χ1n) is 6.71. The fraction of sp³-hybridized carbons (Fsp3) is 0.0625. The minimum atomic E-state index is -0.269. The van der Waals surface area contributed by atoms with Gasteiger partial charge in [0.25, 0.3) is 5.91 Å². The highest BCUT2D eigenvalue weighted by atomic mass is 35.5. The van der Waals surface area contributed by atoms with Crippen LogP contribution < -0.4 is 5.32 Å². The molecular weight excluding hydrogens is 300 g/mol. The molecule has 0 aliphatic carbocycles. The van der Waals surface area contributed by atoms with Crippen molar-refractivity contribution in [3.63, 3.8) is 0 Å². The standard InChI is InChI=1S/C16H13ClN4O/c17-13-6-7-18-15(8-13)16(22)19-9-12-10-20-21(11-12)14-4-2-1-3-5-14/h1-8,10-11H,9H2,(H,19,22). The molecule has 0 unspecified atom stereocenters. The maximum atomic E-state index is 12.0. The third-order valence-corrected chi connectivity index (χ3v) is 3.30. The van der Waals surface area contributed by atoms with Crippen molar-refractivity contribution in [2.75, 3.05) is 0 Å². The fourth-order valence-corrected chi connectivity index (χ4v) is 2.13. The van der Waals surface area contributed by atoms with Gasteiger partial charge in [-0.2, -0.15) is 5.10 Å². The normalized spacial score (nSPS) is 10.4. The molecule has 0 radical (unpaired) electrons. The van der Waals surface area contributed by atoms with Crippen LogP contribution in [0.1, 0.15) is 16.1 Å². The molecule has 6 heteroatoms. The zero-order chi connectivity index (χ0) is 15.4. The lowest BCUT2D eigenvalue weighted by molar-refractivity contribution is 0.0946.